The van der Waals surface area contributed by atoms with E-state index in [1.807, 2.05) is 87.4 Å². The number of nitrogens with one attached hydrogen (secondary N) is 2. The summed E-state index contributed by atoms with van der Waals surface area (Å²) in [5.74, 6) is 0.614. The van der Waals surface area contributed by atoms with E-state index in [1.54, 1.807) is 19.4 Å². The third-order valence-corrected chi connectivity index (χ3v) is 7.56. The Morgan fingerprint density at radius 3 is 2.28 bits per heavy atom. The molecule has 2 heterocycles. The highest BCUT2D eigenvalue weighted by Crippen LogP contribution is 2.46. The molecule has 1 amide bonds. The molecule has 0 spiro atoms. The average molecular weight is 523 g/mol. The first kappa shape index (κ1) is 26.2. The van der Waals surface area contributed by atoms with Gasteiger partial charge in [-0.3, -0.25) is 9.59 Å². The first-order valence-corrected chi connectivity index (χ1v) is 13.1. The fourth-order valence-corrected chi connectivity index (χ4v) is 5.48. The summed E-state index contributed by atoms with van der Waals surface area (Å²) in [6, 6.07) is 19.7. The molecule has 0 bridgehead atoms. The molecule has 7 nitrogen and oxygen atoms in total. The molecule has 2 aromatic carbocycles. The predicted octanol–water partition coefficient (Wildman–Crippen LogP) is 5.46. The molecule has 1 aliphatic carbocycles. The van der Waals surface area contributed by atoms with Crippen LogP contribution in [0.15, 0.2) is 89.4 Å². The van der Waals surface area contributed by atoms with Gasteiger partial charge in [0.05, 0.1) is 7.11 Å². The van der Waals surface area contributed by atoms with Gasteiger partial charge in [0.25, 0.3) is 5.91 Å². The maximum Gasteiger partial charge on any atom is 0.255 e. The van der Waals surface area contributed by atoms with Crippen LogP contribution in [-0.4, -0.2) is 37.9 Å². The van der Waals surface area contributed by atoms with E-state index in [-0.39, 0.29) is 17.6 Å². The van der Waals surface area contributed by atoms with Gasteiger partial charge in [-0.25, -0.2) is 4.98 Å². The number of pyridine rings is 1. The number of anilines is 2. The number of carbonyl (C=O) groups is 2. The van der Waals surface area contributed by atoms with Crippen molar-refractivity contribution in [1.29, 1.82) is 0 Å². The molecule has 5 rings (SSSR count). The first-order valence-electron chi connectivity index (χ1n) is 13.1. The van der Waals surface area contributed by atoms with Crippen LogP contribution in [0.1, 0.15) is 48.3 Å². The fraction of sp³-hybridized carbons (Fsp3) is 0.281. The van der Waals surface area contributed by atoms with Crippen LogP contribution >= 0.6 is 0 Å². The van der Waals surface area contributed by atoms with E-state index in [4.69, 9.17) is 4.74 Å². The van der Waals surface area contributed by atoms with E-state index in [0.717, 1.165) is 39.5 Å². The maximum atomic E-state index is 13.9. The van der Waals surface area contributed by atoms with Gasteiger partial charge in [-0.05, 0) is 73.2 Å². The number of ether oxygens (including phenoxy) is 1. The third-order valence-electron chi connectivity index (χ3n) is 7.56. The number of dihydropyridines is 1. The number of nitrogens with zero attached hydrogens (tertiary/aromatic N) is 2. The molecule has 39 heavy (non-hydrogen) atoms. The number of hydrogen-bond donors (Lipinski definition) is 2. The van der Waals surface area contributed by atoms with Gasteiger partial charge in [-0.1, -0.05) is 30.3 Å². The maximum absolute atomic E-state index is 13.9. The van der Waals surface area contributed by atoms with Crippen LogP contribution in [0.25, 0.3) is 0 Å². The van der Waals surface area contributed by atoms with E-state index < -0.39 is 5.92 Å². The van der Waals surface area contributed by atoms with Gasteiger partial charge in [0.15, 0.2) is 5.78 Å². The monoisotopic (exact) mass is 522 g/mol. The molecule has 0 saturated heterocycles. The second-order valence-corrected chi connectivity index (χ2v) is 10.5. The predicted molar refractivity (Wildman–Crippen MR) is 154 cm³/mol. The van der Waals surface area contributed by atoms with Crippen LogP contribution in [0.3, 0.4) is 0 Å². The standard InChI is InChI=1S/C32H34N4O3/c1-19-6-15-28(33-18-19)35-32(38)29-20(2)34-26-16-23(21-9-13-25(39-5)14-10-21)17-27(37)31(26)30(29)22-7-11-24(12-8-22)36(3)4/h6-15,18,23,30,34H,16-17H2,1-5H3,(H,33,35,38). The second-order valence-electron chi connectivity index (χ2n) is 10.5. The van der Waals surface area contributed by atoms with Crippen molar-refractivity contribution in [1.82, 2.24) is 10.3 Å². The molecule has 7 heteroatoms. The number of methoxy groups -OCH3 is 1. The van der Waals surface area contributed by atoms with Crippen LogP contribution < -0.4 is 20.3 Å². The highest BCUT2D eigenvalue weighted by molar-refractivity contribution is 6.09. The van der Waals surface area contributed by atoms with Crippen molar-refractivity contribution < 1.29 is 14.3 Å². The molecule has 200 valence electrons. The average Bonchev–Trinajstić information content (AvgIpc) is 2.93. The van der Waals surface area contributed by atoms with Crippen molar-refractivity contribution in [2.75, 3.05) is 31.4 Å². The largest absolute Gasteiger partial charge is 0.497 e. The van der Waals surface area contributed by atoms with Crippen LogP contribution in [-0.2, 0) is 9.59 Å². The zero-order valence-corrected chi connectivity index (χ0v) is 23.0. The minimum atomic E-state index is -0.479. The number of allylic oxidation sites excluding steroid dienone is 3. The van der Waals surface area contributed by atoms with Crippen molar-refractivity contribution in [2.24, 2.45) is 0 Å². The Morgan fingerprint density at radius 2 is 1.67 bits per heavy atom. The van der Waals surface area contributed by atoms with Crippen molar-refractivity contribution in [3.05, 3.63) is 106 Å². The molecular formula is C32H34N4O3. The van der Waals surface area contributed by atoms with E-state index in [2.05, 4.69) is 15.6 Å². The lowest BCUT2D eigenvalue weighted by Gasteiger charge is -2.37. The Morgan fingerprint density at radius 1 is 0.974 bits per heavy atom. The molecule has 2 atom stereocenters. The molecule has 0 radical (unpaired) electrons. The van der Waals surface area contributed by atoms with Gasteiger partial charge in [0.2, 0.25) is 0 Å². The Hall–Kier alpha value is -4.39. The Kier molecular flexibility index (Phi) is 7.24. The molecule has 0 saturated carbocycles. The summed E-state index contributed by atoms with van der Waals surface area (Å²) in [6.07, 6.45) is 2.79. The number of aryl methyl sites for hydroxylation is 1. The van der Waals surface area contributed by atoms with Gasteiger partial charge < -0.3 is 20.3 Å². The third kappa shape index (κ3) is 5.30. The smallest absolute Gasteiger partial charge is 0.255 e. The summed E-state index contributed by atoms with van der Waals surface area (Å²) in [7, 11) is 5.62. The Bertz CT molecular complexity index is 1450. The molecule has 2 unspecified atom stereocenters. The van der Waals surface area contributed by atoms with Gasteiger partial charge in [-0.15, -0.1) is 0 Å². The van der Waals surface area contributed by atoms with E-state index in [9.17, 15) is 9.59 Å². The van der Waals surface area contributed by atoms with Gasteiger partial charge >= 0.3 is 0 Å². The molecule has 3 aromatic rings. The van der Waals surface area contributed by atoms with E-state index >= 15 is 0 Å². The zero-order valence-electron chi connectivity index (χ0n) is 23.0. The summed E-state index contributed by atoms with van der Waals surface area (Å²) < 4.78 is 5.31. The molecule has 1 aromatic heterocycles. The summed E-state index contributed by atoms with van der Waals surface area (Å²) >= 11 is 0. The number of hydrogen-bond acceptors (Lipinski definition) is 6. The van der Waals surface area contributed by atoms with Gasteiger partial charge in [-0.2, -0.15) is 0 Å². The van der Waals surface area contributed by atoms with Crippen molar-refractivity contribution in [3.8, 4) is 5.75 Å². The number of rotatable bonds is 6. The molecule has 0 fully saturated rings. The zero-order chi connectivity index (χ0) is 27.7. The van der Waals surface area contributed by atoms with Crippen molar-refractivity contribution in [3.63, 3.8) is 0 Å². The van der Waals surface area contributed by atoms with E-state index in [1.165, 1.54) is 0 Å². The number of ketones is 1. The topological polar surface area (TPSA) is 83.6 Å². The van der Waals surface area contributed by atoms with Crippen molar-refractivity contribution >= 4 is 23.2 Å². The Labute approximate surface area is 229 Å². The summed E-state index contributed by atoms with van der Waals surface area (Å²) in [5.41, 5.74) is 6.89. The normalized spacial score (nSPS) is 18.8. The Balaban J connectivity index is 1.54. The summed E-state index contributed by atoms with van der Waals surface area (Å²) in [5, 5.41) is 6.40. The number of benzene rings is 2. The number of aromatic nitrogens is 1. The summed E-state index contributed by atoms with van der Waals surface area (Å²) in [6.45, 7) is 3.86. The highest BCUT2D eigenvalue weighted by Gasteiger charge is 2.41. The SMILES string of the molecule is COc1ccc(C2CC(=O)C3=C(C2)NC(C)=C(C(=O)Nc2ccc(C)cn2)C3c2ccc(N(C)C)cc2)cc1. The number of Topliss-reactive ketones (excluding diaryl/α,β-unsaturated/α-hetero) is 1. The quantitative estimate of drug-likeness (QED) is 0.447. The van der Waals surface area contributed by atoms with E-state index in [0.29, 0.717) is 29.8 Å². The second kappa shape index (κ2) is 10.8. The van der Waals surface area contributed by atoms with Crippen molar-refractivity contribution in [2.45, 2.75) is 38.5 Å². The minimum absolute atomic E-state index is 0.0476. The van der Waals surface area contributed by atoms with Crippen LogP contribution in [0, 0.1) is 6.92 Å². The molecule has 2 N–H and O–H groups in total. The first-order chi connectivity index (χ1) is 18.7. The lowest BCUT2D eigenvalue weighted by Crippen LogP contribution is -2.37. The molecular weight excluding hydrogens is 488 g/mol. The summed E-state index contributed by atoms with van der Waals surface area (Å²) in [4.78, 5) is 34.0. The molecule has 1 aliphatic heterocycles. The van der Waals surface area contributed by atoms with Crippen LogP contribution in [0.4, 0.5) is 11.5 Å². The van der Waals surface area contributed by atoms with Gasteiger partial charge in [0.1, 0.15) is 11.6 Å². The fourth-order valence-electron chi connectivity index (χ4n) is 5.48. The number of amides is 1. The highest BCUT2D eigenvalue weighted by atomic mass is 16.5. The number of carbonyl (C=O) groups excluding carboxylic acids is 2. The van der Waals surface area contributed by atoms with Gasteiger partial charge in [0, 0.05) is 60.9 Å². The lowest BCUT2D eigenvalue weighted by molar-refractivity contribution is -0.116. The minimum Gasteiger partial charge on any atom is -0.497 e. The lowest BCUT2D eigenvalue weighted by atomic mass is 9.71. The van der Waals surface area contributed by atoms with Crippen LogP contribution in [0.2, 0.25) is 0 Å². The van der Waals surface area contributed by atoms with Crippen LogP contribution in [0.5, 0.6) is 5.75 Å². The molecule has 2 aliphatic rings.